The van der Waals surface area contributed by atoms with Crippen LogP contribution in [-0.2, 0) is 27.2 Å². The van der Waals surface area contributed by atoms with Crippen molar-refractivity contribution >= 4 is 66.1 Å². The molecule has 2 unspecified atom stereocenters. The highest BCUT2D eigenvalue weighted by molar-refractivity contribution is 9.10. The summed E-state index contributed by atoms with van der Waals surface area (Å²) in [6.07, 6.45) is 7.05. The molecule has 2 aliphatic carbocycles. The SMILES string of the molecule is Brc1ccsc1.CC(C)(C)S(=O)CC1(c2ccsc2)CCC1.CC(C)(C)S(=O)N=C1CCC1. The second-order valence-corrected chi connectivity index (χ2v) is 17.1. The zero-order chi connectivity index (χ0) is 24.7. The minimum atomic E-state index is -1.03. The van der Waals surface area contributed by atoms with E-state index in [1.165, 1.54) is 35.7 Å². The van der Waals surface area contributed by atoms with Gasteiger partial charge in [-0.05, 0) is 123 Å². The van der Waals surface area contributed by atoms with E-state index in [0.717, 1.165) is 24.3 Å². The molecule has 8 heteroatoms. The van der Waals surface area contributed by atoms with Gasteiger partial charge in [-0.3, -0.25) is 4.21 Å². The molecule has 0 spiro atoms. The van der Waals surface area contributed by atoms with Crippen LogP contribution >= 0.6 is 38.6 Å². The summed E-state index contributed by atoms with van der Waals surface area (Å²) in [6.45, 7) is 12.1. The van der Waals surface area contributed by atoms with Gasteiger partial charge in [0.25, 0.3) is 0 Å². The molecule has 2 aliphatic rings. The van der Waals surface area contributed by atoms with E-state index in [4.69, 9.17) is 0 Å². The lowest BCUT2D eigenvalue weighted by Gasteiger charge is -2.42. The van der Waals surface area contributed by atoms with Crippen LogP contribution in [0.2, 0.25) is 0 Å². The lowest BCUT2D eigenvalue weighted by molar-refractivity contribution is 0.277. The summed E-state index contributed by atoms with van der Waals surface area (Å²) < 4.78 is 28.7. The Kier molecular flexibility index (Phi) is 11.2. The molecule has 186 valence electrons. The normalized spacial score (nSPS) is 18.9. The third-order valence-corrected chi connectivity index (χ3v) is 11.5. The number of nitrogens with zero attached hydrogens (tertiary/aromatic N) is 1. The van der Waals surface area contributed by atoms with Gasteiger partial charge in [0.1, 0.15) is 11.0 Å². The molecule has 0 N–H and O–H groups in total. The number of hydrogen-bond donors (Lipinski definition) is 0. The molecule has 2 atom stereocenters. The fourth-order valence-corrected chi connectivity index (χ4v) is 7.09. The fourth-order valence-electron chi connectivity index (χ4n) is 3.08. The van der Waals surface area contributed by atoms with Crippen molar-refractivity contribution in [2.75, 3.05) is 5.75 Å². The van der Waals surface area contributed by atoms with Crippen molar-refractivity contribution in [3.63, 3.8) is 0 Å². The molecule has 33 heavy (non-hydrogen) atoms. The molecular formula is C25H38BrNO2S4. The molecule has 0 saturated heterocycles. The van der Waals surface area contributed by atoms with Crippen LogP contribution in [0.1, 0.15) is 85.6 Å². The van der Waals surface area contributed by atoms with Crippen molar-refractivity contribution < 1.29 is 8.42 Å². The molecular weight excluding hydrogens is 554 g/mol. The van der Waals surface area contributed by atoms with E-state index >= 15 is 0 Å². The van der Waals surface area contributed by atoms with Crippen LogP contribution in [0.5, 0.6) is 0 Å². The van der Waals surface area contributed by atoms with Crippen LogP contribution in [-0.4, -0.2) is 29.4 Å². The number of rotatable bonds is 4. The summed E-state index contributed by atoms with van der Waals surface area (Å²) in [7, 11) is -1.76. The third kappa shape index (κ3) is 9.43. The van der Waals surface area contributed by atoms with Crippen molar-refractivity contribution in [1.29, 1.82) is 0 Å². The first-order valence-electron chi connectivity index (χ1n) is 11.4. The number of hydrogen-bond acceptors (Lipinski definition) is 4. The average molecular weight is 593 g/mol. The van der Waals surface area contributed by atoms with Gasteiger partial charge in [-0.1, -0.05) is 6.42 Å². The number of halogens is 1. The van der Waals surface area contributed by atoms with Crippen LogP contribution in [0.15, 0.2) is 42.5 Å². The summed E-state index contributed by atoms with van der Waals surface area (Å²) in [6, 6.07) is 4.23. The van der Waals surface area contributed by atoms with E-state index in [0.29, 0.717) is 0 Å². The molecule has 2 saturated carbocycles. The van der Waals surface area contributed by atoms with Gasteiger partial charge in [-0.25, -0.2) is 4.21 Å². The predicted octanol–water partition coefficient (Wildman–Crippen LogP) is 8.30. The Morgan fingerprint density at radius 1 is 0.939 bits per heavy atom. The molecule has 2 aromatic rings. The van der Waals surface area contributed by atoms with Crippen molar-refractivity contribution in [3.8, 4) is 0 Å². The largest absolute Gasteiger partial charge is 0.259 e. The van der Waals surface area contributed by atoms with Gasteiger partial charge in [-0.15, -0.1) is 0 Å². The quantitative estimate of drug-likeness (QED) is 0.359. The van der Waals surface area contributed by atoms with E-state index in [9.17, 15) is 8.42 Å². The van der Waals surface area contributed by atoms with Gasteiger partial charge < -0.3 is 0 Å². The first kappa shape index (κ1) is 29.1. The lowest BCUT2D eigenvalue weighted by Crippen LogP contribution is -2.42. The zero-order valence-corrected chi connectivity index (χ0v) is 25.5. The van der Waals surface area contributed by atoms with Crippen LogP contribution < -0.4 is 0 Å². The monoisotopic (exact) mass is 591 g/mol. The van der Waals surface area contributed by atoms with Gasteiger partial charge in [0.15, 0.2) is 0 Å². The summed E-state index contributed by atoms with van der Waals surface area (Å²) >= 11 is 6.74. The van der Waals surface area contributed by atoms with Crippen LogP contribution in [0, 0.1) is 0 Å². The standard InChI is InChI=1S/C13H20OS2.C8H15NOS.C4H3BrS/c1-12(2,3)16(14)10-13(6-4-7-13)11-5-8-15-9-11;1-8(2,3)11(10)9-7-5-4-6-7;5-4-1-2-6-3-4/h5,8-9H,4,6-7,10H2,1-3H3;4-6H2,1-3H3;1-3H. The molecule has 0 radical (unpaired) electrons. The maximum Gasteiger partial charge on any atom is 0.144 e. The maximum atomic E-state index is 12.3. The zero-order valence-electron chi connectivity index (χ0n) is 20.7. The van der Waals surface area contributed by atoms with Gasteiger partial charge >= 0.3 is 0 Å². The summed E-state index contributed by atoms with van der Waals surface area (Å²) in [5, 5.41) is 8.44. The molecule has 0 amide bonds. The molecule has 0 aliphatic heterocycles. The average Bonchev–Trinajstić information content (AvgIpc) is 3.34. The first-order chi connectivity index (χ1) is 15.3. The Bertz CT molecular complexity index is 913. The van der Waals surface area contributed by atoms with Crippen molar-refractivity contribution in [3.05, 3.63) is 43.7 Å². The van der Waals surface area contributed by atoms with Crippen molar-refractivity contribution in [2.24, 2.45) is 4.40 Å². The van der Waals surface area contributed by atoms with Crippen molar-refractivity contribution in [1.82, 2.24) is 0 Å². The second-order valence-electron chi connectivity index (χ2n) is 10.6. The smallest absolute Gasteiger partial charge is 0.144 e. The van der Waals surface area contributed by atoms with E-state index in [2.05, 4.69) is 57.9 Å². The molecule has 4 rings (SSSR count). The molecule has 0 aromatic carbocycles. The molecule has 0 bridgehead atoms. The Hall–Kier alpha value is -0.150. The Balaban J connectivity index is 0.000000195. The van der Waals surface area contributed by atoms with E-state index in [1.54, 1.807) is 22.7 Å². The Labute approximate surface area is 222 Å². The maximum absolute atomic E-state index is 12.3. The topological polar surface area (TPSA) is 46.5 Å². The highest BCUT2D eigenvalue weighted by Crippen LogP contribution is 2.45. The third-order valence-electron chi connectivity index (χ3n) is 5.69. The highest BCUT2D eigenvalue weighted by Gasteiger charge is 2.42. The number of thiophene rings is 2. The molecule has 2 heterocycles. The molecule has 2 aromatic heterocycles. The van der Waals surface area contributed by atoms with Gasteiger partial charge in [0.05, 0.1) is 4.75 Å². The summed E-state index contributed by atoms with van der Waals surface area (Å²) in [4.78, 5) is 0. The van der Waals surface area contributed by atoms with Gasteiger partial charge in [0.2, 0.25) is 0 Å². The van der Waals surface area contributed by atoms with Crippen LogP contribution in [0.3, 0.4) is 0 Å². The van der Waals surface area contributed by atoms with E-state index in [1.807, 2.05) is 37.6 Å². The highest BCUT2D eigenvalue weighted by atomic mass is 79.9. The summed E-state index contributed by atoms with van der Waals surface area (Å²) in [5.74, 6) is 0.841. The van der Waals surface area contributed by atoms with Crippen LogP contribution in [0.25, 0.3) is 0 Å². The minimum absolute atomic E-state index is 0.0847. The van der Waals surface area contributed by atoms with Gasteiger partial charge in [0, 0.05) is 42.3 Å². The Morgan fingerprint density at radius 2 is 1.55 bits per heavy atom. The molecule has 2 fully saturated rings. The minimum Gasteiger partial charge on any atom is -0.259 e. The van der Waals surface area contributed by atoms with Crippen LogP contribution in [0.4, 0.5) is 0 Å². The van der Waals surface area contributed by atoms with E-state index < -0.39 is 21.8 Å². The predicted molar refractivity (Wildman–Crippen MR) is 154 cm³/mol. The van der Waals surface area contributed by atoms with E-state index in [-0.39, 0.29) is 14.9 Å². The van der Waals surface area contributed by atoms with Gasteiger partial charge in [-0.2, -0.15) is 27.1 Å². The first-order valence-corrected chi connectivity index (χ1v) is 16.5. The lowest BCUT2D eigenvalue weighted by atomic mass is 9.67. The Morgan fingerprint density at radius 3 is 1.85 bits per heavy atom. The molecule has 3 nitrogen and oxygen atoms in total. The second kappa shape index (κ2) is 12.7. The van der Waals surface area contributed by atoms with Crippen molar-refractivity contribution in [2.45, 2.75) is 95.0 Å². The summed E-state index contributed by atoms with van der Waals surface area (Å²) in [5.41, 5.74) is 2.79. The fraction of sp³-hybridized carbons (Fsp3) is 0.640.